The number of hydrogen-bond acceptors (Lipinski definition) is 2. The molecule has 1 aromatic heterocycles. The van der Waals surface area contributed by atoms with E-state index in [4.69, 9.17) is 0 Å². The molecule has 0 aliphatic carbocycles. The molecule has 3 nitrogen and oxygen atoms in total. The van der Waals surface area contributed by atoms with Crippen molar-refractivity contribution in [3.63, 3.8) is 0 Å². The summed E-state index contributed by atoms with van der Waals surface area (Å²) in [6.07, 6.45) is 1.26. The van der Waals surface area contributed by atoms with Gasteiger partial charge in [-0.05, 0) is 0 Å². The maximum absolute atomic E-state index is 12.7. The van der Waals surface area contributed by atoms with Crippen LogP contribution in [0.15, 0.2) is 53.3 Å². The molecule has 0 saturated carbocycles. The average Bonchev–Trinajstić information content (AvgIpc) is 2.55. The second-order valence-corrected chi connectivity index (χ2v) is 24.0. The van der Waals surface area contributed by atoms with Crippen molar-refractivity contribution in [2.45, 2.75) is 37.8 Å². The topological polar surface area (TPSA) is 25.2 Å². The molecule has 2 bridgehead atoms. The summed E-state index contributed by atoms with van der Waals surface area (Å²) in [5, 5.41) is 0. The van der Waals surface area contributed by atoms with Crippen LogP contribution in [0.2, 0.25) is 14.8 Å². The Morgan fingerprint density at radius 2 is 1.76 bits per heavy atom. The summed E-state index contributed by atoms with van der Waals surface area (Å²) < 4.78 is 2.70. The Kier molecular flexibility index (Phi) is 4.57. The van der Waals surface area contributed by atoms with Crippen molar-refractivity contribution >= 4 is 18.4 Å². The first-order chi connectivity index (χ1) is 11.9. The Hall–Kier alpha value is -1.07. The molecule has 2 aliphatic rings. The van der Waals surface area contributed by atoms with Gasteiger partial charge in [0.05, 0.1) is 0 Å². The van der Waals surface area contributed by atoms with Gasteiger partial charge in [0, 0.05) is 0 Å². The third-order valence-corrected chi connectivity index (χ3v) is 13.0. The van der Waals surface area contributed by atoms with E-state index in [0.29, 0.717) is 15.9 Å². The molecule has 3 atom stereocenters. The molecule has 0 amide bonds. The van der Waals surface area contributed by atoms with E-state index in [1.54, 1.807) is 6.07 Å². The zero-order valence-electron chi connectivity index (χ0n) is 15.5. The molecule has 1 saturated heterocycles. The zero-order valence-corrected chi connectivity index (χ0v) is 18.3. The van der Waals surface area contributed by atoms with Gasteiger partial charge in [0.1, 0.15) is 0 Å². The number of piperidine rings is 1. The van der Waals surface area contributed by atoms with E-state index in [-0.39, 0.29) is 5.56 Å². The van der Waals surface area contributed by atoms with Crippen LogP contribution in [0.3, 0.4) is 0 Å². The molecular formula is C21H28N2OSn. The predicted molar refractivity (Wildman–Crippen MR) is 106 cm³/mol. The Balaban J connectivity index is 1.70. The first-order valence-corrected chi connectivity index (χ1v) is 19.6. The number of rotatable bonds is 3. The van der Waals surface area contributed by atoms with Crippen molar-refractivity contribution in [2.24, 2.45) is 5.92 Å². The summed E-state index contributed by atoms with van der Waals surface area (Å²) in [5.41, 5.74) is 2.90. The van der Waals surface area contributed by atoms with Gasteiger partial charge in [-0.15, -0.1) is 0 Å². The van der Waals surface area contributed by atoms with E-state index in [0.717, 1.165) is 19.6 Å². The van der Waals surface area contributed by atoms with Gasteiger partial charge in [-0.2, -0.15) is 0 Å². The molecule has 3 heterocycles. The molecule has 0 spiro atoms. The van der Waals surface area contributed by atoms with E-state index in [1.807, 2.05) is 6.07 Å². The van der Waals surface area contributed by atoms with Gasteiger partial charge in [-0.3, -0.25) is 0 Å². The summed E-state index contributed by atoms with van der Waals surface area (Å²) in [7, 11) is 0. The standard InChI is InChI=1S/C18H19N2O.3CH3.Sn/c21-18-8-4-7-17-16-9-15(12-20(17)18)11-19(13-16)10-14-5-2-1-3-6-14;;;;/h1-8,12,15-16H,9-11,13H2;3*1H3;/t15-,16+;;;;/m0..../s1. The molecule has 0 N–H and O–H groups in total. The molecule has 4 rings (SSSR count). The first-order valence-electron chi connectivity index (χ1n) is 9.41. The van der Waals surface area contributed by atoms with Gasteiger partial charge in [0.15, 0.2) is 0 Å². The van der Waals surface area contributed by atoms with Crippen LogP contribution in [-0.4, -0.2) is 40.9 Å². The number of fused-ring (bicyclic) bond motifs is 4. The van der Waals surface area contributed by atoms with Crippen LogP contribution < -0.4 is 5.56 Å². The SMILES string of the molecule is [CH3][Sn]([CH3])([CH3])[C@H]1[C@H]2C[C@H](CN(Cc3ccccc3)C2)c2cccc(=O)n21. The van der Waals surface area contributed by atoms with Crippen LogP contribution in [-0.2, 0) is 6.54 Å². The van der Waals surface area contributed by atoms with Crippen LogP contribution in [0.1, 0.15) is 27.7 Å². The fourth-order valence-electron chi connectivity index (χ4n) is 5.10. The quantitative estimate of drug-likeness (QED) is 0.673. The molecule has 1 fully saturated rings. The van der Waals surface area contributed by atoms with Gasteiger partial charge in [-0.25, -0.2) is 0 Å². The van der Waals surface area contributed by atoms with Crippen molar-refractivity contribution in [3.8, 4) is 0 Å². The third kappa shape index (κ3) is 3.33. The van der Waals surface area contributed by atoms with Crippen molar-refractivity contribution in [1.82, 2.24) is 9.47 Å². The Labute approximate surface area is 154 Å². The average molecular weight is 443 g/mol. The summed E-state index contributed by atoms with van der Waals surface area (Å²) in [6, 6.07) is 16.7. The van der Waals surface area contributed by atoms with Crippen molar-refractivity contribution in [3.05, 3.63) is 70.1 Å². The van der Waals surface area contributed by atoms with E-state index >= 15 is 0 Å². The summed E-state index contributed by atoms with van der Waals surface area (Å²) in [5.74, 6) is 1.13. The fourth-order valence-corrected chi connectivity index (χ4v) is 12.8. The van der Waals surface area contributed by atoms with Gasteiger partial charge in [0.2, 0.25) is 0 Å². The van der Waals surface area contributed by atoms with Gasteiger partial charge in [0.25, 0.3) is 0 Å². The second-order valence-electron chi connectivity index (χ2n) is 8.84. The molecule has 2 aliphatic heterocycles. The van der Waals surface area contributed by atoms with Gasteiger partial charge < -0.3 is 0 Å². The molecule has 132 valence electrons. The number of pyridine rings is 1. The van der Waals surface area contributed by atoms with Crippen molar-refractivity contribution in [2.75, 3.05) is 13.1 Å². The molecule has 4 heteroatoms. The molecule has 25 heavy (non-hydrogen) atoms. The minimum atomic E-state index is -2.31. The number of hydrogen-bond donors (Lipinski definition) is 0. The predicted octanol–water partition coefficient (Wildman–Crippen LogP) is 3.89. The van der Waals surface area contributed by atoms with E-state index in [2.05, 4.69) is 60.7 Å². The van der Waals surface area contributed by atoms with Crippen molar-refractivity contribution < 1.29 is 0 Å². The molecule has 1 aromatic carbocycles. The molecular weight excluding hydrogens is 415 g/mol. The number of likely N-dealkylation sites (tertiary alicyclic amines) is 1. The molecule has 0 radical (unpaired) electrons. The van der Waals surface area contributed by atoms with Crippen LogP contribution >= 0.6 is 0 Å². The van der Waals surface area contributed by atoms with Crippen LogP contribution in [0.25, 0.3) is 0 Å². The molecule has 2 aromatic rings. The first kappa shape index (κ1) is 17.3. The summed E-state index contributed by atoms with van der Waals surface area (Å²) in [4.78, 5) is 22.8. The maximum atomic E-state index is 12.7. The van der Waals surface area contributed by atoms with E-state index in [9.17, 15) is 4.79 Å². The number of nitrogens with zero attached hydrogens (tertiary/aromatic N) is 2. The minimum absolute atomic E-state index is 0.223. The number of aromatic nitrogens is 1. The van der Waals surface area contributed by atoms with E-state index < -0.39 is 18.4 Å². The van der Waals surface area contributed by atoms with Crippen molar-refractivity contribution in [1.29, 1.82) is 0 Å². The van der Waals surface area contributed by atoms with Crippen LogP contribution in [0, 0.1) is 5.92 Å². The normalized spacial score (nSPS) is 26.3. The van der Waals surface area contributed by atoms with Gasteiger partial charge in [-0.1, -0.05) is 0 Å². The van der Waals surface area contributed by atoms with Crippen LogP contribution in [0.5, 0.6) is 0 Å². The zero-order chi connectivity index (χ0) is 17.6. The Morgan fingerprint density at radius 3 is 2.48 bits per heavy atom. The summed E-state index contributed by atoms with van der Waals surface area (Å²) in [6.45, 7) is 3.23. The summed E-state index contributed by atoms with van der Waals surface area (Å²) >= 11 is -2.31. The second kappa shape index (κ2) is 6.58. The fraction of sp³-hybridized carbons (Fsp3) is 0.476. The van der Waals surface area contributed by atoms with Gasteiger partial charge >= 0.3 is 155 Å². The monoisotopic (exact) mass is 444 g/mol. The molecule has 0 unspecified atom stereocenters. The van der Waals surface area contributed by atoms with E-state index in [1.165, 1.54) is 17.7 Å². The number of benzene rings is 1. The van der Waals surface area contributed by atoms with Crippen LogP contribution in [0.4, 0.5) is 0 Å². The Bertz CT molecular complexity index is 809. The third-order valence-electron chi connectivity index (χ3n) is 5.86. The Morgan fingerprint density at radius 1 is 1.00 bits per heavy atom.